The Kier molecular flexibility index (Phi) is 5.24. The van der Waals surface area contributed by atoms with E-state index in [1.54, 1.807) is 0 Å². The van der Waals surface area contributed by atoms with E-state index in [0.29, 0.717) is 6.61 Å². The first-order valence-electron chi connectivity index (χ1n) is 7.04. The third-order valence-electron chi connectivity index (χ3n) is 3.93. The SMILES string of the molecule is CCC(C)(CCO)NCC1=Cc2cc(Br)ccc2OC1. The summed E-state index contributed by atoms with van der Waals surface area (Å²) in [5, 5.41) is 12.7. The number of aliphatic hydroxyl groups excluding tert-OH is 1. The van der Waals surface area contributed by atoms with Crippen molar-refractivity contribution in [2.75, 3.05) is 19.8 Å². The summed E-state index contributed by atoms with van der Waals surface area (Å²) >= 11 is 3.48. The number of ether oxygens (including phenoxy) is 1. The van der Waals surface area contributed by atoms with Gasteiger partial charge in [0.15, 0.2) is 0 Å². The first kappa shape index (κ1) is 15.5. The van der Waals surface area contributed by atoms with E-state index in [1.807, 2.05) is 12.1 Å². The zero-order valence-electron chi connectivity index (χ0n) is 12.1. The lowest BCUT2D eigenvalue weighted by molar-refractivity contribution is 0.217. The molecular formula is C16H22BrNO2. The van der Waals surface area contributed by atoms with Crippen LogP contribution >= 0.6 is 15.9 Å². The number of rotatable bonds is 6. The van der Waals surface area contributed by atoms with E-state index < -0.39 is 0 Å². The summed E-state index contributed by atoms with van der Waals surface area (Å²) in [5.41, 5.74) is 2.32. The van der Waals surface area contributed by atoms with Crippen molar-refractivity contribution in [3.63, 3.8) is 0 Å². The molecule has 0 spiro atoms. The van der Waals surface area contributed by atoms with Crippen LogP contribution in [0.4, 0.5) is 0 Å². The standard InChI is InChI=1S/C16H22BrNO2/c1-3-16(2,6-7-19)18-10-12-8-13-9-14(17)4-5-15(13)20-11-12/h4-5,8-9,18-19H,3,6-7,10-11H2,1-2H3. The van der Waals surface area contributed by atoms with Crippen molar-refractivity contribution in [1.82, 2.24) is 5.32 Å². The summed E-state index contributed by atoms with van der Waals surface area (Å²) < 4.78 is 6.83. The summed E-state index contributed by atoms with van der Waals surface area (Å²) in [6.07, 6.45) is 3.94. The van der Waals surface area contributed by atoms with Gasteiger partial charge in [0, 0.05) is 28.7 Å². The van der Waals surface area contributed by atoms with Gasteiger partial charge in [-0.15, -0.1) is 0 Å². The van der Waals surface area contributed by atoms with E-state index in [9.17, 15) is 0 Å². The summed E-state index contributed by atoms with van der Waals surface area (Å²) in [7, 11) is 0. The fourth-order valence-corrected chi connectivity index (χ4v) is 2.64. The molecular weight excluding hydrogens is 318 g/mol. The molecule has 0 amide bonds. The van der Waals surface area contributed by atoms with Crippen LogP contribution in [0.25, 0.3) is 6.08 Å². The Hall–Kier alpha value is -0.840. The van der Waals surface area contributed by atoms with Crippen LogP contribution in [-0.2, 0) is 0 Å². The van der Waals surface area contributed by atoms with Gasteiger partial charge in [-0.3, -0.25) is 0 Å². The van der Waals surface area contributed by atoms with Gasteiger partial charge in [-0.2, -0.15) is 0 Å². The minimum Gasteiger partial charge on any atom is -0.489 e. The highest BCUT2D eigenvalue weighted by atomic mass is 79.9. The molecule has 4 heteroatoms. The van der Waals surface area contributed by atoms with Crippen molar-refractivity contribution in [2.45, 2.75) is 32.2 Å². The number of halogens is 1. The monoisotopic (exact) mass is 339 g/mol. The molecule has 1 aromatic carbocycles. The Labute approximate surface area is 129 Å². The fourth-order valence-electron chi connectivity index (χ4n) is 2.26. The average molecular weight is 340 g/mol. The van der Waals surface area contributed by atoms with Crippen molar-refractivity contribution >= 4 is 22.0 Å². The van der Waals surface area contributed by atoms with Gasteiger partial charge in [-0.25, -0.2) is 0 Å². The van der Waals surface area contributed by atoms with Gasteiger partial charge in [-0.1, -0.05) is 22.9 Å². The van der Waals surface area contributed by atoms with E-state index >= 15 is 0 Å². The Morgan fingerprint density at radius 3 is 2.95 bits per heavy atom. The molecule has 110 valence electrons. The molecule has 1 aromatic rings. The lowest BCUT2D eigenvalue weighted by atomic mass is 9.94. The third-order valence-corrected chi connectivity index (χ3v) is 4.42. The van der Waals surface area contributed by atoms with Crippen molar-refractivity contribution in [1.29, 1.82) is 0 Å². The van der Waals surface area contributed by atoms with Crippen molar-refractivity contribution in [2.24, 2.45) is 0 Å². The molecule has 0 saturated heterocycles. The fraction of sp³-hybridized carbons (Fsp3) is 0.500. The van der Waals surface area contributed by atoms with E-state index in [2.05, 4.69) is 47.2 Å². The van der Waals surface area contributed by atoms with Gasteiger partial charge < -0.3 is 15.2 Å². The molecule has 1 unspecified atom stereocenters. The lowest BCUT2D eigenvalue weighted by Gasteiger charge is -2.30. The quantitative estimate of drug-likeness (QED) is 0.834. The number of benzene rings is 1. The van der Waals surface area contributed by atoms with Crippen LogP contribution in [-0.4, -0.2) is 30.4 Å². The maximum atomic E-state index is 9.15. The molecule has 1 aliphatic rings. The van der Waals surface area contributed by atoms with Crippen LogP contribution in [0.15, 0.2) is 28.2 Å². The molecule has 1 heterocycles. The zero-order chi connectivity index (χ0) is 14.6. The summed E-state index contributed by atoms with van der Waals surface area (Å²) in [5.74, 6) is 0.936. The highest BCUT2D eigenvalue weighted by molar-refractivity contribution is 9.10. The normalized spacial score (nSPS) is 16.9. The second-order valence-corrected chi connectivity index (χ2v) is 6.43. The summed E-state index contributed by atoms with van der Waals surface area (Å²) in [4.78, 5) is 0. The van der Waals surface area contributed by atoms with Gasteiger partial charge in [0.25, 0.3) is 0 Å². The predicted molar refractivity (Wildman–Crippen MR) is 86.0 cm³/mol. The van der Waals surface area contributed by atoms with Crippen molar-refractivity contribution in [3.8, 4) is 5.75 Å². The molecule has 3 nitrogen and oxygen atoms in total. The maximum Gasteiger partial charge on any atom is 0.127 e. The van der Waals surface area contributed by atoms with Gasteiger partial charge in [0.1, 0.15) is 12.4 Å². The van der Waals surface area contributed by atoms with E-state index in [-0.39, 0.29) is 12.1 Å². The molecule has 0 aromatic heterocycles. The van der Waals surface area contributed by atoms with E-state index in [0.717, 1.165) is 35.2 Å². The van der Waals surface area contributed by atoms with Gasteiger partial charge in [-0.05, 0) is 49.6 Å². The molecule has 2 rings (SSSR count). The lowest BCUT2D eigenvalue weighted by Crippen LogP contribution is -2.44. The highest BCUT2D eigenvalue weighted by Crippen LogP contribution is 2.29. The minimum atomic E-state index is -0.0207. The van der Waals surface area contributed by atoms with Gasteiger partial charge >= 0.3 is 0 Å². The smallest absolute Gasteiger partial charge is 0.127 e. The van der Waals surface area contributed by atoms with Crippen LogP contribution in [0.3, 0.4) is 0 Å². The number of fused-ring (bicyclic) bond motifs is 1. The first-order valence-corrected chi connectivity index (χ1v) is 7.83. The molecule has 0 saturated carbocycles. The maximum absolute atomic E-state index is 9.15. The van der Waals surface area contributed by atoms with Crippen molar-refractivity contribution in [3.05, 3.63) is 33.8 Å². The van der Waals surface area contributed by atoms with Gasteiger partial charge in [0.2, 0.25) is 0 Å². The second kappa shape index (κ2) is 6.74. The number of aliphatic hydroxyl groups is 1. The highest BCUT2D eigenvalue weighted by Gasteiger charge is 2.21. The Morgan fingerprint density at radius 1 is 1.45 bits per heavy atom. The predicted octanol–water partition coefficient (Wildman–Crippen LogP) is 3.37. The number of hydrogen-bond acceptors (Lipinski definition) is 3. The molecule has 1 aliphatic heterocycles. The van der Waals surface area contributed by atoms with E-state index in [1.165, 1.54) is 5.57 Å². The molecule has 0 aliphatic carbocycles. The second-order valence-electron chi connectivity index (χ2n) is 5.51. The van der Waals surface area contributed by atoms with E-state index in [4.69, 9.17) is 9.84 Å². The molecule has 0 radical (unpaired) electrons. The number of hydrogen-bond donors (Lipinski definition) is 2. The average Bonchev–Trinajstić information content (AvgIpc) is 2.45. The van der Waals surface area contributed by atoms with Gasteiger partial charge in [0.05, 0.1) is 0 Å². The number of nitrogens with one attached hydrogen (secondary N) is 1. The first-order chi connectivity index (χ1) is 9.56. The molecule has 0 bridgehead atoms. The minimum absolute atomic E-state index is 0.0207. The zero-order valence-corrected chi connectivity index (χ0v) is 13.7. The summed E-state index contributed by atoms with van der Waals surface area (Å²) in [6.45, 7) is 5.92. The Balaban J connectivity index is 2.04. The molecule has 1 atom stereocenters. The molecule has 0 fully saturated rings. The Bertz CT molecular complexity index is 501. The van der Waals surface area contributed by atoms with Crippen LogP contribution in [0.5, 0.6) is 5.75 Å². The topological polar surface area (TPSA) is 41.5 Å². The van der Waals surface area contributed by atoms with Crippen LogP contribution in [0.2, 0.25) is 0 Å². The molecule has 2 N–H and O–H groups in total. The largest absolute Gasteiger partial charge is 0.489 e. The van der Waals surface area contributed by atoms with Crippen LogP contribution in [0.1, 0.15) is 32.3 Å². The van der Waals surface area contributed by atoms with Crippen molar-refractivity contribution < 1.29 is 9.84 Å². The Morgan fingerprint density at radius 2 is 2.25 bits per heavy atom. The summed E-state index contributed by atoms with van der Waals surface area (Å²) in [6, 6.07) is 6.05. The van der Waals surface area contributed by atoms with Crippen LogP contribution in [0, 0.1) is 0 Å². The third kappa shape index (κ3) is 3.84. The molecule has 20 heavy (non-hydrogen) atoms. The van der Waals surface area contributed by atoms with Crippen LogP contribution < -0.4 is 10.1 Å².